The quantitative estimate of drug-likeness (QED) is 0.496. The summed E-state index contributed by atoms with van der Waals surface area (Å²) in [4.78, 5) is 23.1. The predicted molar refractivity (Wildman–Crippen MR) is 133 cm³/mol. The number of carbonyl (C=O) groups excluding carboxylic acids is 1. The summed E-state index contributed by atoms with van der Waals surface area (Å²) in [6, 6.07) is 7.37. The predicted octanol–water partition coefficient (Wildman–Crippen LogP) is 2.58. The molecule has 2 unspecified atom stereocenters. The van der Waals surface area contributed by atoms with Crippen LogP contribution in [0.15, 0.2) is 24.5 Å². The lowest BCUT2D eigenvalue weighted by molar-refractivity contribution is -0.00519. The lowest BCUT2D eigenvalue weighted by Crippen LogP contribution is -2.55. The Labute approximate surface area is 215 Å². The smallest absolute Gasteiger partial charge is 0.410 e. The molecular weight excluding hydrogens is 476 g/mol. The van der Waals surface area contributed by atoms with Crippen LogP contribution in [0.5, 0.6) is 5.88 Å². The Morgan fingerprint density at radius 3 is 2.86 bits per heavy atom. The van der Waals surface area contributed by atoms with Crippen molar-refractivity contribution >= 4 is 17.6 Å². The molecule has 1 aromatic heterocycles. The molecule has 5 rings (SSSR count). The van der Waals surface area contributed by atoms with E-state index in [-0.39, 0.29) is 36.0 Å². The highest BCUT2D eigenvalue weighted by Crippen LogP contribution is 2.42. The normalized spacial score (nSPS) is 26.0. The fraction of sp³-hybridized carbons (Fsp3) is 0.538. The van der Waals surface area contributed by atoms with Gasteiger partial charge in [0.15, 0.2) is 5.72 Å². The molecule has 0 radical (unpaired) electrons. The first-order valence-electron chi connectivity index (χ1n) is 12.5. The van der Waals surface area contributed by atoms with E-state index in [1.54, 1.807) is 23.1 Å². The van der Waals surface area contributed by atoms with Crippen LogP contribution in [-0.4, -0.2) is 63.7 Å². The van der Waals surface area contributed by atoms with Gasteiger partial charge in [0, 0.05) is 37.0 Å². The Morgan fingerprint density at radius 2 is 2.16 bits per heavy atom. The fourth-order valence-corrected chi connectivity index (χ4v) is 4.99. The molecule has 11 nitrogen and oxygen atoms in total. The van der Waals surface area contributed by atoms with Gasteiger partial charge in [-0.2, -0.15) is 5.26 Å². The van der Waals surface area contributed by atoms with E-state index < -0.39 is 5.72 Å². The van der Waals surface area contributed by atoms with Gasteiger partial charge in [-0.05, 0) is 50.5 Å². The van der Waals surface area contributed by atoms with E-state index in [4.69, 9.17) is 25.2 Å². The number of anilines is 2. The molecule has 2 aromatic rings. The molecule has 3 aliphatic rings. The SMILES string of the molecule is Cc1cc(C#N)ccc1Nc1ncnc(O[C@@]2(N)CCOCC3CN(C(=O)OC4(C)CC4)CC32)c1CO. The first-order valence-corrected chi connectivity index (χ1v) is 12.5. The third-order valence-electron chi connectivity index (χ3n) is 7.54. The average molecular weight is 509 g/mol. The summed E-state index contributed by atoms with van der Waals surface area (Å²) in [5.74, 6) is 0.305. The molecule has 0 spiro atoms. The second kappa shape index (κ2) is 9.78. The number of aryl methyl sites for hydroxylation is 1. The maximum atomic E-state index is 12.8. The van der Waals surface area contributed by atoms with Crippen LogP contribution >= 0.6 is 0 Å². The van der Waals surface area contributed by atoms with Gasteiger partial charge < -0.3 is 29.5 Å². The van der Waals surface area contributed by atoms with Crippen molar-refractivity contribution in [2.45, 2.75) is 51.0 Å². The zero-order chi connectivity index (χ0) is 26.2. The van der Waals surface area contributed by atoms with Gasteiger partial charge in [-0.3, -0.25) is 5.73 Å². The number of benzene rings is 1. The molecular formula is C26H32N6O5. The number of rotatable bonds is 6. The van der Waals surface area contributed by atoms with Gasteiger partial charge in [0.2, 0.25) is 5.88 Å². The molecule has 11 heteroatoms. The molecule has 1 amide bonds. The molecule has 196 valence electrons. The van der Waals surface area contributed by atoms with E-state index in [0.717, 1.165) is 24.1 Å². The summed E-state index contributed by atoms with van der Waals surface area (Å²) < 4.78 is 17.9. The van der Waals surface area contributed by atoms with Gasteiger partial charge in [0.05, 0.1) is 37.0 Å². The van der Waals surface area contributed by atoms with Crippen LogP contribution in [0.3, 0.4) is 0 Å². The minimum atomic E-state index is -1.18. The molecule has 2 aliphatic heterocycles. The van der Waals surface area contributed by atoms with Crippen molar-refractivity contribution in [1.82, 2.24) is 14.9 Å². The van der Waals surface area contributed by atoms with Crippen molar-refractivity contribution in [2.75, 3.05) is 31.6 Å². The maximum absolute atomic E-state index is 12.8. The molecule has 2 saturated heterocycles. The van der Waals surface area contributed by atoms with Crippen LogP contribution in [0.25, 0.3) is 0 Å². The van der Waals surface area contributed by atoms with Crippen molar-refractivity contribution in [2.24, 2.45) is 17.6 Å². The van der Waals surface area contributed by atoms with Crippen molar-refractivity contribution < 1.29 is 24.1 Å². The molecule has 3 heterocycles. The number of amides is 1. The summed E-state index contributed by atoms with van der Waals surface area (Å²) >= 11 is 0. The van der Waals surface area contributed by atoms with Crippen LogP contribution in [0.2, 0.25) is 0 Å². The van der Waals surface area contributed by atoms with Gasteiger partial charge in [0.1, 0.15) is 17.7 Å². The number of aromatic nitrogens is 2. The molecule has 37 heavy (non-hydrogen) atoms. The van der Waals surface area contributed by atoms with Crippen LogP contribution in [0.1, 0.15) is 42.9 Å². The third-order valence-corrected chi connectivity index (χ3v) is 7.54. The number of fused-ring (bicyclic) bond motifs is 1. The van der Waals surface area contributed by atoms with Crippen LogP contribution in [-0.2, 0) is 16.1 Å². The van der Waals surface area contributed by atoms with Crippen molar-refractivity contribution in [3.8, 4) is 11.9 Å². The Kier molecular flexibility index (Phi) is 6.66. The summed E-state index contributed by atoms with van der Waals surface area (Å²) in [6.07, 6.45) is 3.16. The number of hydrogen-bond acceptors (Lipinski definition) is 10. The van der Waals surface area contributed by atoms with E-state index >= 15 is 0 Å². The first-order chi connectivity index (χ1) is 17.7. The Morgan fingerprint density at radius 1 is 1.35 bits per heavy atom. The van der Waals surface area contributed by atoms with E-state index in [1.165, 1.54) is 6.33 Å². The van der Waals surface area contributed by atoms with Gasteiger partial charge in [0.25, 0.3) is 0 Å². The molecule has 3 fully saturated rings. The number of hydrogen-bond donors (Lipinski definition) is 3. The zero-order valence-electron chi connectivity index (χ0n) is 21.1. The van der Waals surface area contributed by atoms with E-state index in [9.17, 15) is 9.90 Å². The highest BCUT2D eigenvalue weighted by atomic mass is 16.6. The van der Waals surface area contributed by atoms with Gasteiger partial charge in [-0.25, -0.2) is 14.8 Å². The zero-order valence-corrected chi connectivity index (χ0v) is 21.1. The van der Waals surface area contributed by atoms with Crippen molar-refractivity contribution in [3.05, 3.63) is 41.2 Å². The Balaban J connectivity index is 1.38. The molecule has 4 N–H and O–H groups in total. The van der Waals surface area contributed by atoms with Gasteiger partial charge >= 0.3 is 6.09 Å². The molecule has 1 aliphatic carbocycles. The first kappa shape index (κ1) is 25.2. The van der Waals surface area contributed by atoms with Gasteiger partial charge in [-0.1, -0.05) is 0 Å². The molecule has 3 atom stereocenters. The summed E-state index contributed by atoms with van der Waals surface area (Å²) in [6.45, 7) is 5.16. The number of nitrogens with two attached hydrogens (primary N) is 1. The number of aliphatic hydroxyl groups is 1. The maximum Gasteiger partial charge on any atom is 0.410 e. The lowest BCUT2D eigenvalue weighted by Gasteiger charge is -2.36. The topological polar surface area (TPSA) is 156 Å². The fourth-order valence-electron chi connectivity index (χ4n) is 4.99. The second-order valence-electron chi connectivity index (χ2n) is 10.4. The number of carbonyl (C=O) groups is 1. The number of nitriles is 1. The summed E-state index contributed by atoms with van der Waals surface area (Å²) in [5, 5.41) is 22.6. The minimum Gasteiger partial charge on any atom is -0.455 e. The van der Waals surface area contributed by atoms with Crippen molar-refractivity contribution in [3.63, 3.8) is 0 Å². The standard InChI is InChI=1S/C26H32N6O5/c1-16-9-17(10-27)3-4-21(16)31-22-19(13-33)23(30-15-29-22)36-26(28)7-8-35-14-18-11-32(12-20(18)26)24(34)37-25(2)5-6-25/h3-4,9,15,18,20,33H,5-8,11-14,28H2,1-2H3,(H,29,30,31)/t18?,20?,26-/m0/s1. The number of aliphatic hydroxyl groups excluding tert-OH is 1. The van der Waals surface area contributed by atoms with E-state index in [1.807, 2.05) is 13.8 Å². The summed E-state index contributed by atoms with van der Waals surface area (Å²) in [5.41, 5.74) is 7.83. The molecule has 1 aromatic carbocycles. The van der Waals surface area contributed by atoms with Crippen LogP contribution in [0.4, 0.5) is 16.3 Å². The summed E-state index contributed by atoms with van der Waals surface area (Å²) in [7, 11) is 0. The van der Waals surface area contributed by atoms with Crippen LogP contribution < -0.4 is 15.8 Å². The van der Waals surface area contributed by atoms with Crippen molar-refractivity contribution in [1.29, 1.82) is 5.26 Å². The highest BCUT2D eigenvalue weighted by Gasteiger charge is 2.52. The number of nitrogens with one attached hydrogen (secondary N) is 1. The highest BCUT2D eigenvalue weighted by molar-refractivity contribution is 5.69. The Bertz CT molecular complexity index is 1230. The van der Waals surface area contributed by atoms with E-state index in [0.29, 0.717) is 49.7 Å². The van der Waals surface area contributed by atoms with Gasteiger partial charge in [-0.15, -0.1) is 0 Å². The lowest BCUT2D eigenvalue weighted by atomic mass is 9.85. The average Bonchev–Trinajstić information content (AvgIpc) is 3.47. The minimum absolute atomic E-state index is 0.0228. The monoisotopic (exact) mass is 508 g/mol. The number of nitrogens with zero attached hydrogens (tertiary/aromatic N) is 4. The third kappa shape index (κ3) is 5.18. The molecule has 1 saturated carbocycles. The largest absolute Gasteiger partial charge is 0.455 e. The number of ether oxygens (including phenoxy) is 3. The van der Waals surface area contributed by atoms with E-state index in [2.05, 4.69) is 21.4 Å². The van der Waals surface area contributed by atoms with Crippen LogP contribution in [0, 0.1) is 30.1 Å². The number of likely N-dealkylation sites (tertiary alicyclic amines) is 1. The molecule has 0 bridgehead atoms. The second-order valence-corrected chi connectivity index (χ2v) is 10.4. The Hall–Kier alpha value is -3.46.